The van der Waals surface area contributed by atoms with Gasteiger partial charge in [-0.2, -0.15) is 0 Å². The molecular formula is C50H60N4O6Si. The van der Waals surface area contributed by atoms with Gasteiger partial charge in [0.1, 0.15) is 29.8 Å². The fourth-order valence-corrected chi connectivity index (χ4v) is 13.4. The maximum absolute atomic E-state index is 14.4. The number of carbonyl (C=O) groups is 5. The Bertz CT molecular complexity index is 2120. The molecule has 0 radical (unpaired) electrons. The van der Waals surface area contributed by atoms with E-state index in [1.807, 2.05) is 97.1 Å². The molecule has 4 aromatic rings. The highest BCUT2D eigenvalue weighted by atomic mass is 28.4. The van der Waals surface area contributed by atoms with Gasteiger partial charge in [0.2, 0.25) is 23.6 Å². The Morgan fingerprint density at radius 2 is 1.36 bits per heavy atom. The zero-order chi connectivity index (χ0) is 43.6. The van der Waals surface area contributed by atoms with Gasteiger partial charge in [0.25, 0.3) is 8.32 Å². The molecule has 2 saturated heterocycles. The second-order valence-electron chi connectivity index (χ2n) is 17.6. The number of ketones is 1. The van der Waals surface area contributed by atoms with E-state index in [0.29, 0.717) is 32.2 Å². The highest BCUT2D eigenvalue weighted by molar-refractivity contribution is 6.99. The molecule has 5 atom stereocenters. The first-order valence-corrected chi connectivity index (χ1v) is 23.4. The first-order chi connectivity index (χ1) is 29.2. The van der Waals surface area contributed by atoms with Crippen molar-refractivity contribution in [3.63, 3.8) is 0 Å². The zero-order valence-corrected chi connectivity index (χ0v) is 37.1. The highest BCUT2D eigenvalue weighted by Crippen LogP contribution is 2.37. The van der Waals surface area contributed by atoms with Crippen LogP contribution >= 0.6 is 0 Å². The number of benzene rings is 4. The van der Waals surface area contributed by atoms with Gasteiger partial charge < -0.3 is 25.3 Å². The smallest absolute Gasteiger partial charge is 0.262 e. The van der Waals surface area contributed by atoms with Crippen molar-refractivity contribution in [3.8, 4) is 0 Å². The molecule has 3 N–H and O–H groups in total. The van der Waals surface area contributed by atoms with E-state index in [9.17, 15) is 24.0 Å². The lowest BCUT2D eigenvalue weighted by molar-refractivity contribution is -0.144. The Labute approximate surface area is 361 Å². The molecule has 0 bridgehead atoms. The Hall–Kier alpha value is -5.65. The van der Waals surface area contributed by atoms with Crippen molar-refractivity contribution in [1.82, 2.24) is 20.9 Å². The average molecular weight is 841 g/mol. The van der Waals surface area contributed by atoms with E-state index in [2.05, 4.69) is 61.0 Å². The molecule has 0 aliphatic carbocycles. The van der Waals surface area contributed by atoms with Crippen molar-refractivity contribution < 1.29 is 28.4 Å². The standard InChI is InChI=1S/C50H60N4O6Si/c1-36(60-61(49(2,3)4,39-26-15-8-16-27-39)40-28-17-9-18-29-40)44(55)32-20-10-19-30-41-45(56)53-50(5,35-38-24-13-7-14-25-38)48(59)52-42(34-37-22-11-6-12-23-37)47(58)54-33-21-31-43(54)46(57)51-41/h6-9,11-18,20,22-29,32,36,41-43H,10,19,21,30-31,33-35H2,1-5H3,(H,51,57)(H,52,59)(H,53,56)/b32-20+/t36-,41-,42?,43+,50-/m0/s1. The molecule has 2 fully saturated rings. The van der Waals surface area contributed by atoms with E-state index < -0.39 is 55.8 Å². The third kappa shape index (κ3) is 10.6. The summed E-state index contributed by atoms with van der Waals surface area (Å²) in [5, 5.41) is 10.8. The van der Waals surface area contributed by atoms with Gasteiger partial charge in [0, 0.05) is 19.4 Å². The van der Waals surface area contributed by atoms with Gasteiger partial charge in [-0.05, 0) is 78.6 Å². The predicted molar refractivity (Wildman–Crippen MR) is 242 cm³/mol. The van der Waals surface area contributed by atoms with Crippen molar-refractivity contribution in [2.75, 3.05) is 6.54 Å². The molecule has 11 heteroatoms. The number of unbranched alkanes of at least 4 members (excludes halogenated alkanes) is 1. The summed E-state index contributed by atoms with van der Waals surface area (Å²) in [6.07, 6.45) is 5.23. The summed E-state index contributed by atoms with van der Waals surface area (Å²) in [7, 11) is -2.96. The molecule has 6 rings (SSSR count). The first-order valence-electron chi connectivity index (χ1n) is 21.5. The molecular weight excluding hydrogens is 781 g/mol. The average Bonchev–Trinajstić information content (AvgIpc) is 3.75. The number of hydrogen-bond donors (Lipinski definition) is 3. The van der Waals surface area contributed by atoms with Crippen LogP contribution in [0.3, 0.4) is 0 Å². The van der Waals surface area contributed by atoms with Gasteiger partial charge in [0.15, 0.2) is 5.78 Å². The Balaban J connectivity index is 1.19. The minimum atomic E-state index is -2.96. The highest BCUT2D eigenvalue weighted by Gasteiger charge is 2.51. The monoisotopic (exact) mass is 840 g/mol. The maximum atomic E-state index is 14.4. The largest absolute Gasteiger partial charge is 0.397 e. The summed E-state index contributed by atoms with van der Waals surface area (Å²) < 4.78 is 7.01. The lowest BCUT2D eigenvalue weighted by Gasteiger charge is -2.44. The fraction of sp³-hybridized carbons (Fsp3) is 0.380. The molecule has 61 heavy (non-hydrogen) atoms. The maximum Gasteiger partial charge on any atom is 0.262 e. The molecule has 0 saturated carbocycles. The number of carbonyl (C=O) groups excluding carboxylic acids is 5. The van der Waals surface area contributed by atoms with Crippen molar-refractivity contribution in [1.29, 1.82) is 0 Å². The van der Waals surface area contributed by atoms with Crippen LogP contribution in [-0.4, -0.2) is 78.9 Å². The van der Waals surface area contributed by atoms with E-state index >= 15 is 0 Å². The topological polar surface area (TPSA) is 134 Å². The van der Waals surface area contributed by atoms with Crippen molar-refractivity contribution in [2.45, 2.75) is 114 Å². The SMILES string of the molecule is C[C@H](O[Si](c1ccccc1)(c1ccccc1)C(C)(C)C)C(=O)/C=C/CCC[C@@H]1NC(=O)[C@H]2CCCN2C(=O)C(Cc2ccccc2)NC(=O)[C@](C)(Cc2ccccc2)NC1=O. The van der Waals surface area contributed by atoms with Crippen LogP contribution in [0.2, 0.25) is 5.04 Å². The van der Waals surface area contributed by atoms with Crippen LogP contribution < -0.4 is 26.3 Å². The Morgan fingerprint density at radius 3 is 1.93 bits per heavy atom. The van der Waals surface area contributed by atoms with Crippen LogP contribution in [0.5, 0.6) is 0 Å². The number of rotatable bonds is 14. The Morgan fingerprint density at radius 1 is 0.803 bits per heavy atom. The van der Waals surface area contributed by atoms with Crippen LogP contribution in [0.4, 0.5) is 0 Å². The number of allylic oxidation sites excluding steroid dienone is 1. The van der Waals surface area contributed by atoms with E-state index in [0.717, 1.165) is 21.5 Å². The van der Waals surface area contributed by atoms with Crippen molar-refractivity contribution in [3.05, 3.63) is 145 Å². The van der Waals surface area contributed by atoms with Crippen LogP contribution in [-0.2, 0) is 41.2 Å². The van der Waals surface area contributed by atoms with Crippen LogP contribution in [0.1, 0.15) is 77.8 Å². The third-order valence-electron chi connectivity index (χ3n) is 12.0. The summed E-state index contributed by atoms with van der Waals surface area (Å²) >= 11 is 0. The molecule has 2 aliphatic heterocycles. The Kier molecular flexibility index (Phi) is 14.6. The minimum Gasteiger partial charge on any atom is -0.397 e. The van der Waals surface area contributed by atoms with Crippen molar-refractivity contribution in [2.24, 2.45) is 0 Å². The lowest BCUT2D eigenvalue weighted by atomic mass is 9.90. The second-order valence-corrected chi connectivity index (χ2v) is 21.9. The van der Waals surface area contributed by atoms with E-state index in [1.165, 1.54) is 0 Å². The molecule has 10 nitrogen and oxygen atoms in total. The summed E-state index contributed by atoms with van der Waals surface area (Å²) in [5.74, 6) is -1.88. The van der Waals surface area contributed by atoms with Crippen LogP contribution in [0.15, 0.2) is 133 Å². The number of nitrogens with one attached hydrogen (secondary N) is 3. The molecule has 0 aromatic heterocycles. The molecule has 2 heterocycles. The van der Waals surface area contributed by atoms with E-state index in [4.69, 9.17) is 4.43 Å². The van der Waals surface area contributed by atoms with E-state index in [1.54, 1.807) is 30.9 Å². The van der Waals surface area contributed by atoms with Gasteiger partial charge in [-0.3, -0.25) is 24.0 Å². The second kappa shape index (κ2) is 19.8. The van der Waals surface area contributed by atoms with Gasteiger partial charge in [-0.15, -0.1) is 0 Å². The van der Waals surface area contributed by atoms with Crippen molar-refractivity contribution >= 4 is 48.1 Å². The molecule has 2 aliphatic rings. The van der Waals surface area contributed by atoms with Crippen LogP contribution in [0, 0.1) is 0 Å². The zero-order valence-electron chi connectivity index (χ0n) is 36.1. The molecule has 0 spiro atoms. The summed E-state index contributed by atoms with van der Waals surface area (Å²) in [4.78, 5) is 72.2. The molecule has 4 aromatic carbocycles. The summed E-state index contributed by atoms with van der Waals surface area (Å²) in [5.41, 5.74) is 0.217. The first kappa shape index (κ1) is 44.9. The molecule has 1 unspecified atom stereocenters. The number of hydrogen-bond acceptors (Lipinski definition) is 6. The van der Waals surface area contributed by atoms with E-state index in [-0.39, 0.29) is 36.0 Å². The summed E-state index contributed by atoms with van der Waals surface area (Å²) in [6, 6.07) is 36.5. The summed E-state index contributed by atoms with van der Waals surface area (Å²) in [6.45, 7) is 10.3. The molecule has 4 amide bonds. The quantitative estimate of drug-likeness (QED) is 0.0863. The minimum absolute atomic E-state index is 0.156. The lowest BCUT2D eigenvalue weighted by Crippen LogP contribution is -2.68. The van der Waals surface area contributed by atoms with Gasteiger partial charge >= 0.3 is 0 Å². The normalized spacial score (nSPS) is 22.0. The fourth-order valence-electron chi connectivity index (χ4n) is 8.74. The number of amides is 4. The predicted octanol–water partition coefficient (Wildman–Crippen LogP) is 5.58. The number of fused-ring (bicyclic) bond motifs is 1. The van der Waals surface area contributed by atoms with Gasteiger partial charge in [0.05, 0.1) is 0 Å². The van der Waals surface area contributed by atoms with Crippen LogP contribution in [0.25, 0.3) is 0 Å². The number of nitrogens with zero attached hydrogens (tertiary/aromatic N) is 1. The van der Waals surface area contributed by atoms with Gasteiger partial charge in [-0.25, -0.2) is 0 Å². The molecule has 320 valence electrons. The van der Waals surface area contributed by atoms with Gasteiger partial charge in [-0.1, -0.05) is 148 Å². The third-order valence-corrected chi connectivity index (χ3v) is 17.1.